The van der Waals surface area contributed by atoms with E-state index >= 15 is 0 Å². The highest BCUT2D eigenvalue weighted by Gasteiger charge is 2.38. The van der Waals surface area contributed by atoms with Gasteiger partial charge in [-0.25, -0.2) is 0 Å². The fraction of sp³-hybridized carbons (Fsp3) is 0.769. The lowest BCUT2D eigenvalue weighted by atomic mass is 9.76. The summed E-state index contributed by atoms with van der Waals surface area (Å²) < 4.78 is 0. The molecule has 1 amide bonds. The standard InChI is InChI=1S/C13H24N2O/c1-6-10-7-13(5,9-14-8-10)11(16)15-12(2,3)4/h6,10,14H,1,7-9H2,2-5H3,(H,15,16)/t10-,13-/m0/s1. The fourth-order valence-corrected chi connectivity index (χ4v) is 2.09. The second-order valence-corrected chi connectivity index (χ2v) is 6.10. The average molecular weight is 224 g/mol. The van der Waals surface area contributed by atoms with E-state index in [0.29, 0.717) is 5.92 Å². The first-order chi connectivity index (χ1) is 7.27. The maximum Gasteiger partial charge on any atom is 0.227 e. The summed E-state index contributed by atoms with van der Waals surface area (Å²) in [7, 11) is 0. The zero-order valence-electron chi connectivity index (χ0n) is 10.9. The molecule has 3 nitrogen and oxygen atoms in total. The third kappa shape index (κ3) is 3.34. The van der Waals surface area contributed by atoms with Crippen molar-refractivity contribution in [1.82, 2.24) is 10.6 Å². The molecule has 3 heteroatoms. The molecule has 92 valence electrons. The van der Waals surface area contributed by atoms with Crippen molar-refractivity contribution in [1.29, 1.82) is 0 Å². The lowest BCUT2D eigenvalue weighted by Gasteiger charge is -2.38. The molecule has 0 spiro atoms. The van der Waals surface area contributed by atoms with Gasteiger partial charge in [0.05, 0.1) is 5.41 Å². The van der Waals surface area contributed by atoms with Gasteiger partial charge in [0.1, 0.15) is 0 Å². The van der Waals surface area contributed by atoms with Crippen molar-refractivity contribution in [2.45, 2.75) is 39.7 Å². The Morgan fingerprint density at radius 3 is 2.69 bits per heavy atom. The molecule has 1 saturated heterocycles. The number of amides is 1. The molecule has 0 aromatic carbocycles. The Morgan fingerprint density at radius 2 is 2.19 bits per heavy atom. The van der Waals surface area contributed by atoms with Crippen LogP contribution in [0.4, 0.5) is 0 Å². The molecule has 0 radical (unpaired) electrons. The van der Waals surface area contributed by atoms with E-state index in [1.165, 1.54) is 0 Å². The minimum absolute atomic E-state index is 0.138. The number of hydrogen-bond acceptors (Lipinski definition) is 2. The zero-order chi connectivity index (χ0) is 12.4. The van der Waals surface area contributed by atoms with Gasteiger partial charge in [0.25, 0.3) is 0 Å². The minimum Gasteiger partial charge on any atom is -0.351 e. The Bertz CT molecular complexity index is 280. The normalized spacial score (nSPS) is 30.9. The Hall–Kier alpha value is -0.830. The summed E-state index contributed by atoms with van der Waals surface area (Å²) in [4.78, 5) is 12.2. The van der Waals surface area contributed by atoms with Crippen molar-refractivity contribution in [2.24, 2.45) is 11.3 Å². The van der Waals surface area contributed by atoms with Crippen LogP contribution < -0.4 is 10.6 Å². The van der Waals surface area contributed by atoms with Crippen molar-refractivity contribution >= 4 is 5.91 Å². The van der Waals surface area contributed by atoms with Crippen LogP contribution in [0, 0.1) is 11.3 Å². The Morgan fingerprint density at radius 1 is 1.56 bits per heavy atom. The molecule has 16 heavy (non-hydrogen) atoms. The monoisotopic (exact) mass is 224 g/mol. The predicted octanol–water partition coefficient (Wildman–Crippen LogP) is 1.70. The molecule has 0 aromatic rings. The van der Waals surface area contributed by atoms with Crippen LogP contribution in [0.25, 0.3) is 0 Å². The summed E-state index contributed by atoms with van der Waals surface area (Å²) in [5.41, 5.74) is -0.481. The molecular weight excluding hydrogens is 200 g/mol. The predicted molar refractivity (Wildman–Crippen MR) is 67.2 cm³/mol. The van der Waals surface area contributed by atoms with Gasteiger partial charge in [0.2, 0.25) is 5.91 Å². The molecule has 1 heterocycles. The van der Waals surface area contributed by atoms with Crippen molar-refractivity contribution < 1.29 is 4.79 Å². The summed E-state index contributed by atoms with van der Waals surface area (Å²) in [6.07, 6.45) is 2.82. The third-order valence-electron chi connectivity index (χ3n) is 3.00. The van der Waals surface area contributed by atoms with Crippen LogP contribution in [0.1, 0.15) is 34.1 Å². The van der Waals surface area contributed by atoms with Crippen LogP contribution in [-0.4, -0.2) is 24.5 Å². The number of hydrogen-bond donors (Lipinski definition) is 2. The number of piperidine rings is 1. The van der Waals surface area contributed by atoms with Crippen LogP contribution in [0.15, 0.2) is 12.7 Å². The highest BCUT2D eigenvalue weighted by molar-refractivity contribution is 5.83. The summed E-state index contributed by atoms with van der Waals surface area (Å²) in [6.45, 7) is 13.5. The van der Waals surface area contributed by atoms with E-state index in [-0.39, 0.29) is 16.9 Å². The van der Waals surface area contributed by atoms with Crippen LogP contribution >= 0.6 is 0 Å². The van der Waals surface area contributed by atoms with Crippen LogP contribution in [0.3, 0.4) is 0 Å². The first-order valence-corrected chi connectivity index (χ1v) is 5.93. The molecule has 1 rings (SSSR count). The quantitative estimate of drug-likeness (QED) is 0.701. The maximum atomic E-state index is 12.2. The van der Waals surface area contributed by atoms with Crippen LogP contribution in [-0.2, 0) is 4.79 Å². The minimum atomic E-state index is -0.315. The first kappa shape index (κ1) is 13.2. The number of carbonyl (C=O) groups is 1. The molecule has 1 aliphatic heterocycles. The van der Waals surface area contributed by atoms with Gasteiger partial charge in [-0.05, 0) is 40.0 Å². The second-order valence-electron chi connectivity index (χ2n) is 6.10. The lowest BCUT2D eigenvalue weighted by molar-refractivity contribution is -0.133. The van der Waals surface area contributed by atoms with Crippen molar-refractivity contribution in [2.75, 3.05) is 13.1 Å². The van der Waals surface area contributed by atoms with E-state index in [2.05, 4.69) is 17.2 Å². The molecule has 0 saturated carbocycles. The van der Waals surface area contributed by atoms with Gasteiger partial charge < -0.3 is 10.6 Å². The average Bonchev–Trinajstić information content (AvgIpc) is 2.15. The van der Waals surface area contributed by atoms with Crippen molar-refractivity contribution in [3.63, 3.8) is 0 Å². The molecule has 0 unspecified atom stereocenters. The van der Waals surface area contributed by atoms with Crippen molar-refractivity contribution in [3.8, 4) is 0 Å². The summed E-state index contributed by atoms with van der Waals surface area (Å²) in [6, 6.07) is 0. The van der Waals surface area contributed by atoms with E-state index in [4.69, 9.17) is 0 Å². The summed E-state index contributed by atoms with van der Waals surface area (Å²) >= 11 is 0. The van der Waals surface area contributed by atoms with Crippen LogP contribution in [0.2, 0.25) is 0 Å². The van der Waals surface area contributed by atoms with Gasteiger partial charge in [-0.15, -0.1) is 6.58 Å². The van der Waals surface area contributed by atoms with Gasteiger partial charge in [0, 0.05) is 18.6 Å². The van der Waals surface area contributed by atoms with Gasteiger partial charge in [0.15, 0.2) is 0 Å². The molecule has 0 bridgehead atoms. The van der Waals surface area contributed by atoms with Gasteiger partial charge in [-0.1, -0.05) is 6.08 Å². The lowest BCUT2D eigenvalue weighted by Crippen LogP contribution is -2.55. The molecule has 1 fully saturated rings. The second kappa shape index (κ2) is 4.58. The fourth-order valence-electron chi connectivity index (χ4n) is 2.09. The molecule has 0 aromatic heterocycles. The van der Waals surface area contributed by atoms with E-state index in [1.807, 2.05) is 33.8 Å². The summed E-state index contributed by atoms with van der Waals surface area (Å²) in [5.74, 6) is 0.531. The molecule has 0 aliphatic carbocycles. The SMILES string of the molecule is C=C[C@@H]1CNC[C@@](C)(C(=O)NC(C)(C)C)C1. The number of carbonyl (C=O) groups excluding carboxylic acids is 1. The van der Waals surface area contributed by atoms with Gasteiger partial charge in [-0.3, -0.25) is 4.79 Å². The van der Waals surface area contributed by atoms with E-state index in [0.717, 1.165) is 19.5 Å². The number of rotatable bonds is 2. The maximum absolute atomic E-state index is 12.2. The molecular formula is C13H24N2O. The Kier molecular flexibility index (Phi) is 3.79. The summed E-state index contributed by atoms with van der Waals surface area (Å²) in [5, 5.41) is 6.37. The van der Waals surface area contributed by atoms with Crippen molar-refractivity contribution in [3.05, 3.63) is 12.7 Å². The smallest absolute Gasteiger partial charge is 0.227 e. The van der Waals surface area contributed by atoms with Gasteiger partial charge >= 0.3 is 0 Å². The van der Waals surface area contributed by atoms with Gasteiger partial charge in [-0.2, -0.15) is 0 Å². The first-order valence-electron chi connectivity index (χ1n) is 5.93. The topological polar surface area (TPSA) is 41.1 Å². The molecule has 2 N–H and O–H groups in total. The Labute approximate surface area is 98.7 Å². The number of nitrogens with one attached hydrogen (secondary N) is 2. The highest BCUT2D eigenvalue weighted by atomic mass is 16.2. The van der Waals surface area contributed by atoms with E-state index in [1.54, 1.807) is 0 Å². The van der Waals surface area contributed by atoms with Crippen LogP contribution in [0.5, 0.6) is 0 Å². The molecule has 2 atom stereocenters. The highest BCUT2D eigenvalue weighted by Crippen LogP contribution is 2.30. The third-order valence-corrected chi connectivity index (χ3v) is 3.00. The van der Waals surface area contributed by atoms with E-state index in [9.17, 15) is 4.79 Å². The van der Waals surface area contributed by atoms with E-state index < -0.39 is 0 Å². The zero-order valence-corrected chi connectivity index (χ0v) is 10.9. The molecule has 1 aliphatic rings. The largest absolute Gasteiger partial charge is 0.351 e. The Balaban J connectivity index is 2.69.